The number of nitrogens with zero attached hydrogens (tertiary/aromatic N) is 2. The molecule has 2 aromatic rings. The molecule has 8 heteroatoms. The van der Waals surface area contributed by atoms with E-state index < -0.39 is 10.0 Å². The fourth-order valence-corrected chi connectivity index (χ4v) is 5.33. The van der Waals surface area contributed by atoms with Gasteiger partial charge in [-0.05, 0) is 60.6 Å². The lowest BCUT2D eigenvalue weighted by molar-refractivity contribution is 0.0990. The molecule has 28 heavy (non-hydrogen) atoms. The summed E-state index contributed by atoms with van der Waals surface area (Å²) in [7, 11) is -3.35. The van der Waals surface area contributed by atoms with E-state index in [9.17, 15) is 13.2 Å². The van der Waals surface area contributed by atoms with Crippen molar-refractivity contribution in [3.05, 3.63) is 57.9 Å². The number of sulfonamides is 1. The van der Waals surface area contributed by atoms with Crippen molar-refractivity contribution >= 4 is 33.2 Å². The van der Waals surface area contributed by atoms with Gasteiger partial charge in [0.1, 0.15) is 0 Å². The smallest absolute Gasteiger partial charge is 0.259 e. The van der Waals surface area contributed by atoms with Crippen LogP contribution in [-0.4, -0.2) is 25.6 Å². The molecule has 2 atom stereocenters. The van der Waals surface area contributed by atoms with E-state index in [1.165, 1.54) is 0 Å². The summed E-state index contributed by atoms with van der Waals surface area (Å²) in [4.78, 5) is 19.4. The van der Waals surface area contributed by atoms with Crippen molar-refractivity contribution in [2.75, 3.05) is 11.2 Å². The van der Waals surface area contributed by atoms with Crippen LogP contribution in [0, 0.1) is 0 Å². The van der Waals surface area contributed by atoms with Crippen molar-refractivity contribution in [3.8, 4) is 0 Å². The molecule has 1 aliphatic carbocycles. The molecule has 4 rings (SSSR count). The number of halogens is 1. The Hall–Kier alpha value is -1.96. The molecular formula is C20H22ClN3O3S. The maximum atomic E-state index is 13.2. The van der Waals surface area contributed by atoms with Crippen LogP contribution in [0.15, 0.2) is 30.6 Å². The summed E-state index contributed by atoms with van der Waals surface area (Å²) in [6.45, 7) is 2.04. The van der Waals surface area contributed by atoms with Gasteiger partial charge in [-0.1, -0.05) is 18.5 Å². The summed E-state index contributed by atoms with van der Waals surface area (Å²) >= 11 is 6.18. The van der Waals surface area contributed by atoms with Gasteiger partial charge >= 0.3 is 0 Å². The number of anilines is 1. The fourth-order valence-electron chi connectivity index (χ4n) is 4.39. The van der Waals surface area contributed by atoms with Crippen molar-refractivity contribution in [1.82, 2.24) is 9.71 Å². The van der Waals surface area contributed by atoms with Gasteiger partial charge in [-0.15, -0.1) is 0 Å². The molecule has 1 aromatic heterocycles. The molecule has 1 N–H and O–H groups in total. The van der Waals surface area contributed by atoms with Crippen LogP contribution in [0.3, 0.4) is 0 Å². The molecule has 2 heterocycles. The fraction of sp³-hybridized carbons (Fsp3) is 0.400. The molecule has 6 nitrogen and oxygen atoms in total. The molecule has 0 unspecified atom stereocenters. The van der Waals surface area contributed by atoms with Gasteiger partial charge < -0.3 is 0 Å². The Kier molecular flexibility index (Phi) is 4.93. The molecule has 1 aliphatic heterocycles. The van der Waals surface area contributed by atoms with Crippen molar-refractivity contribution in [3.63, 3.8) is 0 Å². The number of carbonyl (C=O) groups excluding carboxylic acids is 1. The van der Waals surface area contributed by atoms with E-state index in [4.69, 9.17) is 11.6 Å². The number of aromatic nitrogens is 1. The molecule has 2 aliphatic rings. The van der Waals surface area contributed by atoms with E-state index in [0.29, 0.717) is 17.0 Å². The Morgan fingerprint density at radius 1 is 1.29 bits per heavy atom. The molecule has 0 bridgehead atoms. The number of hydrogen-bond acceptors (Lipinski definition) is 4. The molecule has 1 amide bonds. The summed E-state index contributed by atoms with van der Waals surface area (Å²) in [6, 6.07) is 4.94. The van der Waals surface area contributed by atoms with Crippen LogP contribution < -0.4 is 9.62 Å². The molecule has 0 radical (unpaired) electrons. The van der Waals surface area contributed by atoms with Crippen LogP contribution >= 0.6 is 11.6 Å². The highest BCUT2D eigenvalue weighted by molar-refractivity contribution is 7.88. The summed E-state index contributed by atoms with van der Waals surface area (Å²) < 4.78 is 26.3. The zero-order valence-electron chi connectivity index (χ0n) is 15.8. The van der Waals surface area contributed by atoms with Gasteiger partial charge in [0.05, 0.1) is 24.2 Å². The van der Waals surface area contributed by atoms with E-state index in [0.717, 1.165) is 47.9 Å². The first-order chi connectivity index (χ1) is 13.3. The number of rotatable bonds is 4. The third-order valence-corrected chi connectivity index (χ3v) is 6.45. The van der Waals surface area contributed by atoms with Crippen molar-refractivity contribution < 1.29 is 13.2 Å². The predicted octanol–water partition coefficient (Wildman–Crippen LogP) is 3.77. The van der Waals surface area contributed by atoms with Crippen LogP contribution in [0.1, 0.15) is 65.3 Å². The largest absolute Gasteiger partial charge is 0.299 e. The lowest BCUT2D eigenvalue weighted by Crippen LogP contribution is -2.33. The van der Waals surface area contributed by atoms with Crippen molar-refractivity contribution in [2.45, 2.75) is 44.7 Å². The maximum absolute atomic E-state index is 13.2. The summed E-state index contributed by atoms with van der Waals surface area (Å²) in [6.07, 6.45) is 7.68. The predicted molar refractivity (Wildman–Crippen MR) is 109 cm³/mol. The van der Waals surface area contributed by atoms with E-state index in [2.05, 4.69) is 9.71 Å². The van der Waals surface area contributed by atoms with Crippen molar-refractivity contribution in [2.24, 2.45) is 0 Å². The van der Waals surface area contributed by atoms with Crippen LogP contribution in [-0.2, 0) is 16.4 Å². The average molecular weight is 420 g/mol. The van der Waals surface area contributed by atoms with Crippen LogP contribution in [0.4, 0.5) is 5.69 Å². The van der Waals surface area contributed by atoms with Crippen LogP contribution in [0.5, 0.6) is 0 Å². The van der Waals surface area contributed by atoms with E-state index in [-0.39, 0.29) is 18.0 Å². The first-order valence-corrected chi connectivity index (χ1v) is 11.6. The lowest BCUT2D eigenvalue weighted by Gasteiger charge is -2.32. The van der Waals surface area contributed by atoms with Gasteiger partial charge in [0, 0.05) is 22.8 Å². The molecule has 0 fully saturated rings. The SMILES string of the molecule is CC[C@@H]1c2cc(Cl)ccc2C(=O)N1c1cncc2c1CCC[C@@H]2NS(C)(=O)=O. The highest BCUT2D eigenvalue weighted by atomic mass is 35.5. The number of nitrogens with one attached hydrogen (secondary N) is 1. The highest BCUT2D eigenvalue weighted by Crippen LogP contribution is 2.44. The topological polar surface area (TPSA) is 79.4 Å². The minimum atomic E-state index is -3.35. The molecule has 0 saturated carbocycles. The average Bonchev–Trinajstić information content (AvgIpc) is 2.91. The van der Waals surface area contributed by atoms with Gasteiger partial charge in [0.25, 0.3) is 5.91 Å². The second kappa shape index (κ2) is 7.13. The van der Waals surface area contributed by atoms with Crippen LogP contribution in [0.25, 0.3) is 0 Å². The zero-order chi connectivity index (χ0) is 20.1. The first kappa shape index (κ1) is 19.4. The second-order valence-electron chi connectivity index (χ2n) is 7.39. The molecule has 0 spiro atoms. The summed E-state index contributed by atoms with van der Waals surface area (Å²) in [5.74, 6) is -0.0630. The second-order valence-corrected chi connectivity index (χ2v) is 9.61. The Morgan fingerprint density at radius 3 is 2.79 bits per heavy atom. The molecule has 148 valence electrons. The Bertz CT molecular complexity index is 1050. The van der Waals surface area contributed by atoms with Gasteiger partial charge in [-0.25, -0.2) is 13.1 Å². The Morgan fingerprint density at radius 2 is 2.07 bits per heavy atom. The first-order valence-electron chi connectivity index (χ1n) is 9.37. The van der Waals surface area contributed by atoms with E-state index in [1.807, 2.05) is 13.0 Å². The minimum absolute atomic E-state index is 0.0630. The number of hydrogen-bond donors (Lipinski definition) is 1. The number of carbonyl (C=O) groups is 1. The lowest BCUT2D eigenvalue weighted by atomic mass is 9.88. The van der Waals surface area contributed by atoms with Crippen LogP contribution in [0.2, 0.25) is 5.02 Å². The molecule has 0 saturated heterocycles. The normalized spacial score (nSPS) is 21.5. The monoisotopic (exact) mass is 419 g/mol. The Balaban J connectivity index is 1.81. The third-order valence-electron chi connectivity index (χ3n) is 5.50. The minimum Gasteiger partial charge on any atom is -0.299 e. The number of benzene rings is 1. The Labute approximate surface area is 170 Å². The summed E-state index contributed by atoms with van der Waals surface area (Å²) in [5.41, 5.74) is 4.20. The van der Waals surface area contributed by atoms with E-state index in [1.54, 1.807) is 29.4 Å². The van der Waals surface area contributed by atoms with Gasteiger partial charge in [0.15, 0.2) is 0 Å². The quantitative estimate of drug-likeness (QED) is 0.817. The standard InChI is InChI=1S/C20H22ClN3O3S/c1-3-18-15-9-12(21)7-8-14(15)20(25)24(18)19-11-22-10-16-13(19)5-4-6-17(16)23-28(2,26)27/h7-11,17-18,23H,3-6H2,1-2H3/t17-,18+/m0/s1. The van der Waals surface area contributed by atoms with Crippen molar-refractivity contribution in [1.29, 1.82) is 0 Å². The van der Waals surface area contributed by atoms with E-state index >= 15 is 0 Å². The number of amides is 1. The number of pyridine rings is 1. The van der Waals surface area contributed by atoms with Gasteiger partial charge in [-0.2, -0.15) is 0 Å². The maximum Gasteiger partial charge on any atom is 0.259 e. The zero-order valence-corrected chi connectivity index (χ0v) is 17.3. The molecule has 1 aromatic carbocycles. The third kappa shape index (κ3) is 3.32. The number of fused-ring (bicyclic) bond motifs is 2. The van der Waals surface area contributed by atoms with Gasteiger partial charge in [-0.3, -0.25) is 14.7 Å². The molecular weight excluding hydrogens is 398 g/mol. The summed E-state index contributed by atoms with van der Waals surface area (Å²) in [5, 5.41) is 0.609. The highest BCUT2D eigenvalue weighted by Gasteiger charge is 2.39. The van der Waals surface area contributed by atoms with Gasteiger partial charge in [0.2, 0.25) is 10.0 Å².